The van der Waals surface area contributed by atoms with Crippen molar-refractivity contribution in [1.29, 1.82) is 0 Å². The predicted octanol–water partition coefficient (Wildman–Crippen LogP) is 4.81. The summed E-state index contributed by atoms with van der Waals surface area (Å²) in [5, 5.41) is 9.83. The lowest BCUT2D eigenvalue weighted by Crippen LogP contribution is -2.41. The molecule has 0 bridgehead atoms. The van der Waals surface area contributed by atoms with E-state index >= 15 is 0 Å². The van der Waals surface area contributed by atoms with E-state index in [0.717, 1.165) is 25.7 Å². The Bertz CT molecular complexity index is 415. The first kappa shape index (κ1) is 17.8. The van der Waals surface area contributed by atoms with Crippen LogP contribution in [0.15, 0.2) is 24.3 Å². The van der Waals surface area contributed by atoms with Gasteiger partial charge in [0.25, 0.3) is 0 Å². The molecule has 120 valence electrons. The minimum absolute atomic E-state index is 0.157. The van der Waals surface area contributed by atoms with Crippen LogP contribution in [0.3, 0.4) is 0 Å². The molecule has 1 rings (SSSR count). The molecule has 0 saturated heterocycles. The summed E-state index contributed by atoms with van der Waals surface area (Å²) >= 11 is 0. The lowest BCUT2D eigenvalue weighted by molar-refractivity contribution is -0.267. The van der Waals surface area contributed by atoms with Crippen LogP contribution in [-0.2, 0) is 5.60 Å². The molecule has 1 aromatic carbocycles. The van der Waals surface area contributed by atoms with E-state index in [4.69, 9.17) is 4.74 Å². The second kappa shape index (κ2) is 7.69. The fourth-order valence-electron chi connectivity index (χ4n) is 2.11. The predicted molar refractivity (Wildman–Crippen MR) is 76.3 cm³/mol. The summed E-state index contributed by atoms with van der Waals surface area (Å²) in [4.78, 5) is 0. The molecule has 0 aromatic heterocycles. The Morgan fingerprint density at radius 3 is 2.10 bits per heavy atom. The highest BCUT2D eigenvalue weighted by molar-refractivity contribution is 5.31. The van der Waals surface area contributed by atoms with E-state index < -0.39 is 18.2 Å². The van der Waals surface area contributed by atoms with Crippen LogP contribution >= 0.6 is 0 Å². The highest BCUT2D eigenvalue weighted by Gasteiger charge is 2.53. The molecule has 0 amide bonds. The second-order valence-corrected chi connectivity index (χ2v) is 5.15. The monoisotopic (exact) mass is 304 g/mol. The maximum atomic E-state index is 12.9. The molecule has 0 radical (unpaired) electrons. The molecule has 0 heterocycles. The van der Waals surface area contributed by atoms with Gasteiger partial charge >= 0.3 is 6.18 Å². The third-order valence-corrected chi connectivity index (χ3v) is 3.58. The van der Waals surface area contributed by atoms with Crippen LogP contribution in [-0.4, -0.2) is 17.9 Å². The zero-order chi connectivity index (χ0) is 15.9. The largest absolute Gasteiger partial charge is 0.494 e. The van der Waals surface area contributed by atoms with Gasteiger partial charge in [0.2, 0.25) is 0 Å². The molecular formula is C16H23F3O2. The Kier molecular flexibility index (Phi) is 6.52. The lowest BCUT2D eigenvalue weighted by Gasteiger charge is -2.29. The molecule has 0 aliphatic rings. The number of alkyl halides is 3. The second-order valence-electron chi connectivity index (χ2n) is 5.15. The number of unbranched alkanes of at least 4 members (excludes halogenated alkanes) is 3. The third kappa shape index (κ3) is 4.63. The standard InChI is InChI=1S/C16H23F3O2/c1-3-5-6-7-12-21-14-10-8-13(9-11-14)15(20,4-2)16(17,18)19/h8-11,20H,3-7,12H2,1-2H3. The number of aliphatic hydroxyl groups is 1. The smallest absolute Gasteiger partial charge is 0.421 e. The van der Waals surface area contributed by atoms with Gasteiger partial charge in [0.15, 0.2) is 5.60 Å². The van der Waals surface area contributed by atoms with E-state index in [-0.39, 0.29) is 5.56 Å². The molecule has 1 atom stereocenters. The van der Waals surface area contributed by atoms with Crippen LogP contribution in [0.5, 0.6) is 5.75 Å². The molecule has 21 heavy (non-hydrogen) atoms. The molecule has 0 spiro atoms. The first-order valence-electron chi connectivity index (χ1n) is 7.37. The van der Waals surface area contributed by atoms with Gasteiger partial charge in [-0.05, 0) is 30.5 Å². The van der Waals surface area contributed by atoms with Crippen molar-refractivity contribution in [1.82, 2.24) is 0 Å². The summed E-state index contributed by atoms with van der Waals surface area (Å²) in [6.07, 6.45) is -0.813. The number of hydrogen-bond acceptors (Lipinski definition) is 2. The summed E-state index contributed by atoms with van der Waals surface area (Å²) in [5.41, 5.74) is -2.96. The maximum absolute atomic E-state index is 12.9. The average molecular weight is 304 g/mol. The van der Waals surface area contributed by atoms with E-state index in [1.165, 1.54) is 31.2 Å². The Balaban J connectivity index is 2.65. The zero-order valence-corrected chi connectivity index (χ0v) is 12.5. The van der Waals surface area contributed by atoms with Gasteiger partial charge in [-0.15, -0.1) is 0 Å². The minimum atomic E-state index is -4.69. The highest BCUT2D eigenvalue weighted by atomic mass is 19.4. The fraction of sp³-hybridized carbons (Fsp3) is 0.625. The van der Waals surface area contributed by atoms with Gasteiger partial charge in [-0.3, -0.25) is 0 Å². The first-order valence-corrected chi connectivity index (χ1v) is 7.37. The van der Waals surface area contributed by atoms with Gasteiger partial charge in [0.1, 0.15) is 5.75 Å². The molecule has 0 fully saturated rings. The van der Waals surface area contributed by atoms with Gasteiger partial charge in [0.05, 0.1) is 6.61 Å². The average Bonchev–Trinajstić information content (AvgIpc) is 2.45. The number of ether oxygens (including phenoxy) is 1. The van der Waals surface area contributed by atoms with Crippen molar-refractivity contribution in [3.63, 3.8) is 0 Å². The van der Waals surface area contributed by atoms with E-state index in [2.05, 4.69) is 6.92 Å². The summed E-state index contributed by atoms with van der Waals surface area (Å²) < 4.78 is 44.3. The van der Waals surface area contributed by atoms with Crippen LogP contribution in [0.2, 0.25) is 0 Å². The third-order valence-electron chi connectivity index (χ3n) is 3.58. The van der Waals surface area contributed by atoms with Crippen LogP contribution in [0, 0.1) is 0 Å². The summed E-state index contributed by atoms with van der Waals surface area (Å²) in [7, 11) is 0. The van der Waals surface area contributed by atoms with E-state index in [0.29, 0.717) is 12.4 Å². The van der Waals surface area contributed by atoms with E-state index in [9.17, 15) is 18.3 Å². The van der Waals surface area contributed by atoms with Crippen LogP contribution < -0.4 is 4.74 Å². The Labute approximate surface area is 123 Å². The quantitative estimate of drug-likeness (QED) is 0.699. The molecule has 1 N–H and O–H groups in total. The van der Waals surface area contributed by atoms with Crippen molar-refractivity contribution in [2.24, 2.45) is 0 Å². The summed E-state index contributed by atoms with van der Waals surface area (Å²) in [6, 6.07) is 5.50. The van der Waals surface area contributed by atoms with Gasteiger partial charge in [-0.2, -0.15) is 13.2 Å². The molecule has 1 aromatic rings. The molecule has 0 aliphatic heterocycles. The summed E-state index contributed by atoms with van der Waals surface area (Å²) in [6.45, 7) is 3.98. The number of benzene rings is 1. The number of hydrogen-bond donors (Lipinski definition) is 1. The Morgan fingerprint density at radius 1 is 1.00 bits per heavy atom. The van der Waals surface area contributed by atoms with Crippen molar-refractivity contribution >= 4 is 0 Å². The van der Waals surface area contributed by atoms with E-state index in [1.54, 1.807) is 0 Å². The van der Waals surface area contributed by atoms with Gasteiger partial charge in [-0.25, -0.2) is 0 Å². The van der Waals surface area contributed by atoms with Crippen molar-refractivity contribution < 1.29 is 23.0 Å². The highest BCUT2D eigenvalue weighted by Crippen LogP contribution is 2.41. The number of rotatable bonds is 8. The first-order chi connectivity index (χ1) is 9.85. The molecule has 5 heteroatoms. The molecule has 0 saturated carbocycles. The normalized spacial score (nSPS) is 14.8. The van der Waals surface area contributed by atoms with Crippen molar-refractivity contribution in [2.75, 3.05) is 6.61 Å². The fourth-order valence-corrected chi connectivity index (χ4v) is 2.11. The van der Waals surface area contributed by atoms with E-state index in [1.807, 2.05) is 0 Å². The lowest BCUT2D eigenvalue weighted by atomic mass is 9.90. The molecular weight excluding hydrogens is 281 g/mol. The minimum Gasteiger partial charge on any atom is -0.494 e. The Morgan fingerprint density at radius 2 is 1.62 bits per heavy atom. The maximum Gasteiger partial charge on any atom is 0.421 e. The molecule has 2 nitrogen and oxygen atoms in total. The number of halogens is 3. The Hall–Kier alpha value is -1.23. The van der Waals surface area contributed by atoms with Gasteiger partial charge < -0.3 is 9.84 Å². The van der Waals surface area contributed by atoms with Gasteiger partial charge in [-0.1, -0.05) is 45.2 Å². The van der Waals surface area contributed by atoms with Crippen LogP contribution in [0.25, 0.3) is 0 Å². The van der Waals surface area contributed by atoms with Crippen molar-refractivity contribution in [2.45, 2.75) is 57.7 Å². The topological polar surface area (TPSA) is 29.5 Å². The van der Waals surface area contributed by atoms with Gasteiger partial charge in [0, 0.05) is 0 Å². The summed E-state index contributed by atoms with van der Waals surface area (Å²) in [5.74, 6) is 0.524. The van der Waals surface area contributed by atoms with Crippen LogP contribution in [0.4, 0.5) is 13.2 Å². The van der Waals surface area contributed by atoms with Crippen molar-refractivity contribution in [3.05, 3.63) is 29.8 Å². The molecule has 0 aliphatic carbocycles. The molecule has 1 unspecified atom stereocenters. The van der Waals surface area contributed by atoms with Crippen LogP contribution in [0.1, 0.15) is 51.5 Å². The zero-order valence-electron chi connectivity index (χ0n) is 12.5. The SMILES string of the molecule is CCCCCCOc1ccc(C(O)(CC)C(F)(F)F)cc1. The van der Waals surface area contributed by atoms with Crippen molar-refractivity contribution in [3.8, 4) is 5.75 Å².